The van der Waals surface area contributed by atoms with Crippen LogP contribution in [0.2, 0.25) is 5.02 Å². The number of hydrogen-bond donors (Lipinski definition) is 1. The van der Waals surface area contributed by atoms with E-state index in [0.717, 1.165) is 24.3 Å². The third-order valence-corrected chi connectivity index (χ3v) is 4.62. The third-order valence-electron chi connectivity index (χ3n) is 4.39. The Morgan fingerprint density at radius 1 is 1.33 bits per heavy atom. The molecule has 21 heavy (non-hydrogen) atoms. The summed E-state index contributed by atoms with van der Waals surface area (Å²) in [6.07, 6.45) is 6.25. The van der Waals surface area contributed by atoms with Crippen molar-refractivity contribution in [2.75, 3.05) is 7.11 Å². The smallest absolute Gasteiger partial charge is 0.224 e. The molecule has 4 heteroatoms. The summed E-state index contributed by atoms with van der Waals surface area (Å²) in [5.74, 6) is 1.58. The van der Waals surface area contributed by atoms with Crippen molar-refractivity contribution in [2.45, 2.75) is 51.5 Å². The lowest BCUT2D eigenvalue weighted by Gasteiger charge is -2.28. The minimum Gasteiger partial charge on any atom is -0.496 e. The number of ether oxygens (including phenoxy) is 1. The van der Waals surface area contributed by atoms with E-state index in [1.54, 1.807) is 19.2 Å². The number of benzene rings is 1. The van der Waals surface area contributed by atoms with Gasteiger partial charge in [0, 0.05) is 16.6 Å². The number of hydrogen-bond acceptors (Lipinski definition) is 2. The van der Waals surface area contributed by atoms with Crippen LogP contribution >= 0.6 is 11.6 Å². The zero-order chi connectivity index (χ0) is 15.2. The van der Waals surface area contributed by atoms with Crippen LogP contribution in [0.15, 0.2) is 18.2 Å². The quantitative estimate of drug-likeness (QED) is 0.893. The molecule has 0 saturated heterocycles. The monoisotopic (exact) mass is 309 g/mol. The number of methoxy groups -OCH3 is 1. The van der Waals surface area contributed by atoms with E-state index in [-0.39, 0.29) is 5.91 Å². The lowest BCUT2D eigenvalue weighted by Crippen LogP contribution is -2.38. The van der Waals surface area contributed by atoms with Gasteiger partial charge in [-0.15, -0.1) is 0 Å². The SMILES string of the molecule is CCC1CCC(NC(=O)Cc2ccc(Cl)cc2OC)CC1. The number of carbonyl (C=O) groups is 1. The summed E-state index contributed by atoms with van der Waals surface area (Å²) in [4.78, 5) is 12.2. The fourth-order valence-electron chi connectivity index (χ4n) is 3.03. The van der Waals surface area contributed by atoms with Crippen molar-refractivity contribution in [3.05, 3.63) is 28.8 Å². The van der Waals surface area contributed by atoms with Crippen molar-refractivity contribution in [1.82, 2.24) is 5.32 Å². The molecule has 2 rings (SSSR count). The van der Waals surface area contributed by atoms with E-state index in [1.165, 1.54) is 19.3 Å². The molecule has 1 amide bonds. The fraction of sp³-hybridized carbons (Fsp3) is 0.588. The molecular weight excluding hydrogens is 286 g/mol. The first-order valence-corrected chi connectivity index (χ1v) is 8.12. The van der Waals surface area contributed by atoms with Crippen LogP contribution in [0, 0.1) is 5.92 Å². The van der Waals surface area contributed by atoms with Gasteiger partial charge in [0.2, 0.25) is 5.91 Å². The molecule has 1 aliphatic carbocycles. The van der Waals surface area contributed by atoms with E-state index in [9.17, 15) is 4.79 Å². The molecule has 0 bridgehead atoms. The normalized spacial score (nSPS) is 21.9. The van der Waals surface area contributed by atoms with Gasteiger partial charge in [0.1, 0.15) is 5.75 Å². The van der Waals surface area contributed by atoms with Crippen LogP contribution in [0.1, 0.15) is 44.6 Å². The Balaban J connectivity index is 1.87. The molecule has 0 spiro atoms. The van der Waals surface area contributed by atoms with Crippen molar-refractivity contribution < 1.29 is 9.53 Å². The summed E-state index contributed by atoms with van der Waals surface area (Å²) in [5, 5.41) is 3.77. The van der Waals surface area contributed by atoms with Crippen molar-refractivity contribution in [3.63, 3.8) is 0 Å². The molecule has 1 aliphatic rings. The highest BCUT2D eigenvalue weighted by atomic mass is 35.5. The molecule has 1 N–H and O–H groups in total. The number of amides is 1. The van der Waals surface area contributed by atoms with E-state index in [4.69, 9.17) is 16.3 Å². The molecule has 0 atom stereocenters. The lowest BCUT2D eigenvalue weighted by atomic mass is 9.84. The van der Waals surface area contributed by atoms with Gasteiger partial charge in [0.25, 0.3) is 0 Å². The van der Waals surface area contributed by atoms with Crippen molar-refractivity contribution in [2.24, 2.45) is 5.92 Å². The molecule has 1 aromatic carbocycles. The van der Waals surface area contributed by atoms with Crippen molar-refractivity contribution in [3.8, 4) is 5.75 Å². The van der Waals surface area contributed by atoms with Gasteiger partial charge in [-0.3, -0.25) is 4.79 Å². The van der Waals surface area contributed by atoms with Crippen LogP contribution in [0.4, 0.5) is 0 Å². The first kappa shape index (κ1) is 16.2. The van der Waals surface area contributed by atoms with Crippen LogP contribution in [0.25, 0.3) is 0 Å². The van der Waals surface area contributed by atoms with Gasteiger partial charge in [-0.05, 0) is 43.7 Å². The Labute approximate surface area is 132 Å². The van der Waals surface area contributed by atoms with Crippen LogP contribution in [-0.4, -0.2) is 19.1 Å². The number of nitrogens with one attached hydrogen (secondary N) is 1. The van der Waals surface area contributed by atoms with Gasteiger partial charge in [-0.25, -0.2) is 0 Å². The maximum Gasteiger partial charge on any atom is 0.224 e. The van der Waals surface area contributed by atoms with Crippen LogP contribution < -0.4 is 10.1 Å². The molecule has 1 aromatic rings. The maximum atomic E-state index is 12.2. The molecule has 3 nitrogen and oxygen atoms in total. The Bertz CT molecular complexity index is 482. The molecule has 0 radical (unpaired) electrons. The minimum absolute atomic E-state index is 0.0653. The first-order chi connectivity index (χ1) is 10.1. The first-order valence-electron chi connectivity index (χ1n) is 7.74. The zero-order valence-electron chi connectivity index (χ0n) is 12.8. The molecule has 1 fully saturated rings. The van der Waals surface area contributed by atoms with E-state index in [1.807, 2.05) is 6.07 Å². The highest BCUT2D eigenvalue weighted by molar-refractivity contribution is 6.30. The molecule has 0 aliphatic heterocycles. The Hall–Kier alpha value is -1.22. The maximum absolute atomic E-state index is 12.2. The highest BCUT2D eigenvalue weighted by Gasteiger charge is 2.21. The van der Waals surface area contributed by atoms with Crippen LogP contribution in [-0.2, 0) is 11.2 Å². The third kappa shape index (κ3) is 4.63. The topological polar surface area (TPSA) is 38.3 Å². The molecule has 116 valence electrons. The average Bonchev–Trinajstić information content (AvgIpc) is 2.49. The van der Waals surface area contributed by atoms with E-state index >= 15 is 0 Å². The number of halogens is 1. The van der Waals surface area contributed by atoms with Gasteiger partial charge < -0.3 is 10.1 Å². The average molecular weight is 310 g/mol. The van der Waals surface area contributed by atoms with E-state index < -0.39 is 0 Å². The summed E-state index contributed by atoms with van der Waals surface area (Å²) in [7, 11) is 1.60. The second-order valence-corrected chi connectivity index (χ2v) is 6.26. The van der Waals surface area contributed by atoms with Crippen molar-refractivity contribution >= 4 is 17.5 Å². The van der Waals surface area contributed by atoms with E-state index in [0.29, 0.717) is 23.2 Å². The second kappa shape index (κ2) is 7.69. The van der Waals surface area contributed by atoms with Gasteiger partial charge in [0.05, 0.1) is 13.5 Å². The largest absolute Gasteiger partial charge is 0.496 e. The van der Waals surface area contributed by atoms with E-state index in [2.05, 4.69) is 12.2 Å². The van der Waals surface area contributed by atoms with Gasteiger partial charge in [0.15, 0.2) is 0 Å². The summed E-state index contributed by atoms with van der Waals surface area (Å²) in [5.41, 5.74) is 0.877. The molecule has 0 heterocycles. The van der Waals surface area contributed by atoms with Gasteiger partial charge in [-0.1, -0.05) is 31.0 Å². The minimum atomic E-state index is 0.0653. The molecular formula is C17H24ClNO2. The lowest BCUT2D eigenvalue weighted by molar-refractivity contribution is -0.121. The fourth-order valence-corrected chi connectivity index (χ4v) is 3.19. The summed E-state index contributed by atoms with van der Waals surface area (Å²) in [6.45, 7) is 2.25. The summed E-state index contributed by atoms with van der Waals surface area (Å²) >= 11 is 5.93. The van der Waals surface area contributed by atoms with Crippen molar-refractivity contribution in [1.29, 1.82) is 0 Å². The molecule has 0 unspecified atom stereocenters. The summed E-state index contributed by atoms with van der Waals surface area (Å²) < 4.78 is 5.28. The Morgan fingerprint density at radius 3 is 2.67 bits per heavy atom. The standard InChI is InChI=1S/C17H24ClNO2/c1-3-12-4-8-15(9-5-12)19-17(20)10-13-6-7-14(18)11-16(13)21-2/h6-7,11-12,15H,3-5,8-10H2,1-2H3,(H,19,20). The Kier molecular flexibility index (Phi) is 5.92. The predicted octanol–water partition coefficient (Wildman–Crippen LogP) is 3.98. The number of rotatable bonds is 5. The Morgan fingerprint density at radius 2 is 2.05 bits per heavy atom. The van der Waals surface area contributed by atoms with Gasteiger partial charge >= 0.3 is 0 Å². The summed E-state index contributed by atoms with van der Waals surface area (Å²) in [6, 6.07) is 5.73. The highest BCUT2D eigenvalue weighted by Crippen LogP contribution is 2.27. The zero-order valence-corrected chi connectivity index (χ0v) is 13.6. The molecule has 1 saturated carbocycles. The predicted molar refractivity (Wildman–Crippen MR) is 85.9 cm³/mol. The second-order valence-electron chi connectivity index (χ2n) is 5.83. The van der Waals surface area contributed by atoms with Crippen LogP contribution in [0.3, 0.4) is 0 Å². The van der Waals surface area contributed by atoms with Crippen LogP contribution in [0.5, 0.6) is 5.75 Å². The molecule has 0 aromatic heterocycles. The van der Waals surface area contributed by atoms with Gasteiger partial charge in [-0.2, -0.15) is 0 Å². The number of carbonyl (C=O) groups excluding carboxylic acids is 1.